The van der Waals surface area contributed by atoms with Gasteiger partial charge in [-0.25, -0.2) is 15.0 Å². The summed E-state index contributed by atoms with van der Waals surface area (Å²) < 4.78 is 18.5. The van der Waals surface area contributed by atoms with Gasteiger partial charge in [0.25, 0.3) is 0 Å². The average molecular weight is 786 g/mol. The minimum Gasteiger partial charge on any atom is -0.477 e. The molecule has 4 bridgehead atoms. The molecule has 8 aliphatic rings. The molecule has 15 nitrogen and oxygen atoms in total. The minimum absolute atomic E-state index is 0.0139. The van der Waals surface area contributed by atoms with Crippen LogP contribution in [-0.4, -0.2) is 74.8 Å². The molecule has 59 heavy (non-hydrogen) atoms. The van der Waals surface area contributed by atoms with E-state index in [-0.39, 0.29) is 34.4 Å². The molecule has 4 aromatic rings. The van der Waals surface area contributed by atoms with E-state index in [1.54, 1.807) is 74.4 Å². The summed E-state index contributed by atoms with van der Waals surface area (Å²) >= 11 is 0. The normalized spacial score (nSPS) is 30.7. The standard InChI is InChI=1S/C44H39N11O4/c1-57-40(54-34(9-10-51-54)33-19-48-11-12-49-33)44-23-42(24-44,25-44)27-59-36-8-6-31(16-47)37(53-36)32-18-52-55(38(32)30-4-2-3-28(13-30)14-45)39(56)43-20-41(21-43,22-43)26-58-35-7-5-29(15-46)17-50-35/h2-8,10-13,17-19,32,34,38,40H,9,20-27H2,1H3. The zero-order valence-electron chi connectivity index (χ0n) is 32.3. The zero-order chi connectivity index (χ0) is 40.4. The van der Waals surface area contributed by atoms with Crippen LogP contribution < -0.4 is 9.47 Å². The molecule has 1 amide bonds. The molecule has 6 fully saturated rings. The fourth-order valence-corrected chi connectivity index (χ4v) is 11.0. The van der Waals surface area contributed by atoms with Gasteiger partial charge < -0.3 is 14.2 Å². The molecule has 0 spiro atoms. The van der Waals surface area contributed by atoms with Gasteiger partial charge in [0.05, 0.1) is 77.0 Å². The van der Waals surface area contributed by atoms with Gasteiger partial charge in [0, 0.05) is 72.9 Å². The number of carbonyl (C=O) groups excluding carboxylic acids is 1. The number of amides is 1. The SMILES string of the molecule is COC(N1N=CCC1c1cnccn1)C12CC(COc3ccc(C#N)c(C4C=NN(C(=O)C56CC(COc7ccc(C#N)cn7)(C5)C6)C4c4cccc(C#N)c4)n3)(C1)C2. The van der Waals surface area contributed by atoms with Gasteiger partial charge in [0.2, 0.25) is 17.7 Å². The maximum absolute atomic E-state index is 14.5. The topological polar surface area (TPSA) is 199 Å². The molecule has 6 saturated carbocycles. The first-order valence-electron chi connectivity index (χ1n) is 19.7. The number of nitriles is 3. The highest BCUT2D eigenvalue weighted by Crippen LogP contribution is 2.76. The Balaban J connectivity index is 0.834. The average Bonchev–Trinajstić information content (AvgIpc) is 3.89. The Kier molecular flexibility index (Phi) is 8.48. The van der Waals surface area contributed by atoms with E-state index in [1.165, 1.54) is 11.2 Å². The molecule has 6 aliphatic carbocycles. The monoisotopic (exact) mass is 785 g/mol. The third-order valence-electron chi connectivity index (χ3n) is 13.3. The van der Waals surface area contributed by atoms with Crippen LogP contribution in [0.25, 0.3) is 0 Å². The van der Waals surface area contributed by atoms with Gasteiger partial charge in [0.15, 0.2) is 6.23 Å². The highest BCUT2D eigenvalue weighted by Gasteiger charge is 2.74. The Morgan fingerprint density at radius 3 is 2.32 bits per heavy atom. The lowest BCUT2D eigenvalue weighted by Gasteiger charge is -2.72. The van der Waals surface area contributed by atoms with Gasteiger partial charge in [0.1, 0.15) is 12.1 Å². The molecule has 12 rings (SSSR count). The Hall–Kier alpha value is -6.76. The van der Waals surface area contributed by atoms with Crippen LogP contribution in [0.2, 0.25) is 0 Å². The molecule has 2 aliphatic heterocycles. The van der Waals surface area contributed by atoms with E-state index in [9.17, 15) is 15.3 Å². The lowest BCUT2D eigenvalue weighted by Crippen LogP contribution is -2.71. The third kappa shape index (κ3) is 5.89. The van der Waals surface area contributed by atoms with Crippen LogP contribution in [0.3, 0.4) is 0 Å². The van der Waals surface area contributed by atoms with Crippen molar-refractivity contribution in [3.8, 4) is 30.0 Å². The van der Waals surface area contributed by atoms with E-state index < -0.39 is 17.4 Å². The van der Waals surface area contributed by atoms with Crippen molar-refractivity contribution in [3.05, 3.63) is 107 Å². The Morgan fingerprint density at radius 1 is 0.864 bits per heavy atom. The fourth-order valence-electron chi connectivity index (χ4n) is 11.0. The van der Waals surface area contributed by atoms with Crippen molar-refractivity contribution in [2.75, 3.05) is 20.3 Å². The van der Waals surface area contributed by atoms with E-state index in [4.69, 9.17) is 34.7 Å². The lowest BCUT2D eigenvalue weighted by molar-refractivity contribution is -0.305. The number of methoxy groups -OCH3 is 1. The molecule has 0 saturated heterocycles. The number of hydrazone groups is 2. The maximum Gasteiger partial charge on any atom is 0.249 e. The molecule has 15 heteroatoms. The van der Waals surface area contributed by atoms with Crippen molar-refractivity contribution in [2.45, 2.75) is 69.2 Å². The van der Waals surface area contributed by atoms with Crippen molar-refractivity contribution >= 4 is 18.3 Å². The van der Waals surface area contributed by atoms with E-state index in [2.05, 4.69) is 33.2 Å². The van der Waals surface area contributed by atoms with Crippen LogP contribution in [-0.2, 0) is 9.53 Å². The van der Waals surface area contributed by atoms with E-state index in [1.807, 2.05) is 17.3 Å². The molecule has 0 N–H and O–H groups in total. The number of hydrogen-bond donors (Lipinski definition) is 0. The predicted molar refractivity (Wildman–Crippen MR) is 209 cm³/mol. The summed E-state index contributed by atoms with van der Waals surface area (Å²) in [5, 5.41) is 42.1. The van der Waals surface area contributed by atoms with Crippen LogP contribution in [0, 0.1) is 55.7 Å². The molecule has 5 heterocycles. The first-order valence-corrected chi connectivity index (χ1v) is 19.7. The van der Waals surface area contributed by atoms with E-state index >= 15 is 0 Å². The van der Waals surface area contributed by atoms with Crippen molar-refractivity contribution in [1.82, 2.24) is 30.0 Å². The highest BCUT2D eigenvalue weighted by molar-refractivity contribution is 5.90. The quantitative estimate of drug-likeness (QED) is 0.160. The minimum atomic E-state index is -0.628. The molecular weight excluding hydrogens is 747 g/mol. The Bertz CT molecular complexity index is 2480. The molecule has 0 radical (unpaired) electrons. The van der Waals surface area contributed by atoms with Gasteiger partial charge in [-0.15, -0.1) is 0 Å². The summed E-state index contributed by atoms with van der Waals surface area (Å²) in [4.78, 5) is 32.4. The lowest BCUT2D eigenvalue weighted by atomic mass is 9.34. The molecule has 1 aromatic carbocycles. The number of benzene rings is 1. The molecule has 4 atom stereocenters. The van der Waals surface area contributed by atoms with Gasteiger partial charge >= 0.3 is 0 Å². The van der Waals surface area contributed by atoms with Crippen LogP contribution in [0.5, 0.6) is 11.8 Å². The second-order valence-corrected chi connectivity index (χ2v) is 17.2. The first-order chi connectivity index (χ1) is 28.7. The van der Waals surface area contributed by atoms with E-state index in [0.717, 1.165) is 36.9 Å². The van der Waals surface area contributed by atoms with Crippen molar-refractivity contribution < 1.29 is 19.0 Å². The summed E-state index contributed by atoms with van der Waals surface area (Å²) in [6, 6.07) is 19.9. The maximum atomic E-state index is 14.5. The summed E-state index contributed by atoms with van der Waals surface area (Å²) in [7, 11) is 1.74. The number of carbonyl (C=O) groups is 1. The number of ether oxygens (including phenoxy) is 3. The van der Waals surface area contributed by atoms with Crippen LogP contribution >= 0.6 is 0 Å². The Morgan fingerprint density at radius 2 is 1.63 bits per heavy atom. The largest absolute Gasteiger partial charge is 0.477 e. The summed E-state index contributed by atoms with van der Waals surface area (Å²) in [5.41, 5.74) is 2.57. The second-order valence-electron chi connectivity index (χ2n) is 17.2. The molecule has 4 unspecified atom stereocenters. The van der Waals surface area contributed by atoms with Crippen molar-refractivity contribution in [1.29, 1.82) is 15.8 Å². The van der Waals surface area contributed by atoms with Crippen molar-refractivity contribution in [2.24, 2.45) is 31.9 Å². The molecule has 3 aromatic heterocycles. The number of pyridine rings is 2. The van der Waals surface area contributed by atoms with E-state index in [0.29, 0.717) is 66.6 Å². The third-order valence-corrected chi connectivity index (χ3v) is 13.3. The fraction of sp³-hybridized carbons (Fsp3) is 0.409. The van der Waals surface area contributed by atoms with Crippen LogP contribution in [0.15, 0.2) is 83.5 Å². The number of hydrogen-bond acceptors (Lipinski definition) is 14. The number of rotatable bonds is 13. The smallest absolute Gasteiger partial charge is 0.249 e. The number of nitrogens with zero attached hydrogens (tertiary/aromatic N) is 11. The van der Waals surface area contributed by atoms with Crippen LogP contribution in [0.1, 0.15) is 96.6 Å². The van der Waals surface area contributed by atoms with Gasteiger partial charge in [-0.2, -0.15) is 26.0 Å². The first kappa shape index (κ1) is 36.6. The van der Waals surface area contributed by atoms with Gasteiger partial charge in [-0.05, 0) is 68.4 Å². The van der Waals surface area contributed by atoms with Gasteiger partial charge in [-0.3, -0.25) is 19.8 Å². The number of aromatic nitrogens is 4. The summed E-state index contributed by atoms with van der Waals surface area (Å²) in [6.07, 6.45) is 15.5. The highest BCUT2D eigenvalue weighted by atomic mass is 16.5. The Labute approximate surface area is 340 Å². The molecular formula is C44H39N11O4. The molecule has 294 valence electrons. The second kappa shape index (κ2) is 13.7. The summed E-state index contributed by atoms with van der Waals surface area (Å²) in [5.74, 6) is 0.178. The summed E-state index contributed by atoms with van der Waals surface area (Å²) in [6.45, 7) is 0.891. The van der Waals surface area contributed by atoms with Gasteiger partial charge in [-0.1, -0.05) is 12.1 Å². The predicted octanol–water partition coefficient (Wildman–Crippen LogP) is 5.74. The zero-order valence-corrected chi connectivity index (χ0v) is 32.3. The van der Waals surface area contributed by atoms with Crippen molar-refractivity contribution in [3.63, 3.8) is 0 Å². The van der Waals surface area contributed by atoms with Crippen LogP contribution in [0.4, 0.5) is 0 Å².